The molecule has 0 unspecified atom stereocenters. The zero-order valence-corrected chi connectivity index (χ0v) is 18.3. The Balaban J connectivity index is 1.62. The summed E-state index contributed by atoms with van der Waals surface area (Å²) in [5, 5.41) is 2.76. The van der Waals surface area contributed by atoms with E-state index in [1.54, 1.807) is 67.8 Å². The van der Waals surface area contributed by atoms with Crippen LogP contribution >= 0.6 is 0 Å². The van der Waals surface area contributed by atoms with E-state index in [-0.39, 0.29) is 11.4 Å². The monoisotopic (exact) mass is 454 g/mol. The van der Waals surface area contributed by atoms with Gasteiger partial charge in [-0.25, -0.2) is 8.42 Å². The van der Waals surface area contributed by atoms with Crippen molar-refractivity contribution < 1.29 is 27.4 Å². The number of para-hydroxylation sites is 2. The molecule has 9 heteroatoms. The zero-order chi connectivity index (χ0) is 22.7. The van der Waals surface area contributed by atoms with Gasteiger partial charge in [0.1, 0.15) is 17.2 Å². The molecule has 0 spiro atoms. The summed E-state index contributed by atoms with van der Waals surface area (Å²) in [7, 11) is -0.885. The number of nitrogens with one attached hydrogen (secondary N) is 1. The summed E-state index contributed by atoms with van der Waals surface area (Å²) in [6.45, 7) is -0.173. The second kappa shape index (κ2) is 8.80. The van der Waals surface area contributed by atoms with Crippen LogP contribution in [0.5, 0.6) is 17.2 Å². The molecule has 0 saturated carbocycles. The van der Waals surface area contributed by atoms with Gasteiger partial charge in [-0.3, -0.25) is 9.10 Å². The Morgan fingerprint density at radius 2 is 1.53 bits per heavy atom. The number of rotatable bonds is 6. The third-order valence-electron chi connectivity index (χ3n) is 5.03. The lowest BCUT2D eigenvalue weighted by Crippen LogP contribution is -2.48. The molecular formula is C23H22N2O6S. The molecule has 1 amide bonds. The Bertz CT molecular complexity index is 1210. The first-order valence-electron chi connectivity index (χ1n) is 9.80. The van der Waals surface area contributed by atoms with E-state index < -0.39 is 22.0 Å². The maximum Gasteiger partial charge on any atom is 0.267 e. The highest BCUT2D eigenvalue weighted by Gasteiger charge is 2.37. The predicted molar refractivity (Wildman–Crippen MR) is 120 cm³/mol. The number of carbonyl (C=O) groups excluding carboxylic acids is 1. The molecule has 0 aromatic heterocycles. The van der Waals surface area contributed by atoms with Crippen LogP contribution in [0.25, 0.3) is 0 Å². The van der Waals surface area contributed by atoms with Gasteiger partial charge in [-0.2, -0.15) is 0 Å². The standard InChI is InChI=1S/C23H22N2O6S/c1-29-17-9-7-16(8-10-17)24-23(26)22-15-25(20-5-3-4-6-21(20)31-22)32(27,28)19-13-11-18(30-2)12-14-19/h3-14,22H,15H2,1-2H3,(H,24,26)/t22-/m1/s1. The number of sulfonamides is 1. The van der Waals surface area contributed by atoms with E-state index in [2.05, 4.69) is 5.32 Å². The third kappa shape index (κ3) is 4.19. The fraction of sp³-hybridized carbons (Fsp3) is 0.174. The van der Waals surface area contributed by atoms with Crippen molar-refractivity contribution in [2.24, 2.45) is 0 Å². The molecule has 0 bridgehead atoms. The smallest absolute Gasteiger partial charge is 0.267 e. The lowest BCUT2D eigenvalue weighted by Gasteiger charge is -2.34. The maximum atomic E-state index is 13.4. The van der Waals surface area contributed by atoms with Crippen LogP contribution in [0.2, 0.25) is 0 Å². The lowest BCUT2D eigenvalue weighted by molar-refractivity contribution is -0.122. The largest absolute Gasteiger partial charge is 0.497 e. The maximum absolute atomic E-state index is 13.4. The molecule has 1 aliphatic rings. The summed E-state index contributed by atoms with van der Waals surface area (Å²) in [5.74, 6) is 1.05. The van der Waals surface area contributed by atoms with E-state index in [0.717, 1.165) is 0 Å². The molecule has 3 aromatic carbocycles. The Morgan fingerprint density at radius 1 is 0.938 bits per heavy atom. The molecule has 4 rings (SSSR count). The summed E-state index contributed by atoms with van der Waals surface area (Å²) < 4.78 is 44.1. The molecule has 1 N–H and O–H groups in total. The Morgan fingerprint density at radius 3 is 2.16 bits per heavy atom. The average molecular weight is 455 g/mol. The molecule has 0 fully saturated rings. The van der Waals surface area contributed by atoms with Crippen molar-refractivity contribution in [3.8, 4) is 17.2 Å². The van der Waals surface area contributed by atoms with Gasteiger partial charge >= 0.3 is 0 Å². The molecular weight excluding hydrogens is 432 g/mol. The number of anilines is 2. The fourth-order valence-corrected chi connectivity index (χ4v) is 4.81. The van der Waals surface area contributed by atoms with Crippen LogP contribution < -0.4 is 23.8 Å². The van der Waals surface area contributed by atoms with Crippen molar-refractivity contribution in [1.29, 1.82) is 0 Å². The molecule has 1 heterocycles. The summed E-state index contributed by atoms with van der Waals surface area (Å²) in [5.41, 5.74) is 0.916. The van der Waals surface area contributed by atoms with E-state index in [1.165, 1.54) is 23.5 Å². The molecule has 3 aromatic rings. The van der Waals surface area contributed by atoms with Gasteiger partial charge in [0.05, 0.1) is 31.3 Å². The number of hydrogen-bond donors (Lipinski definition) is 1. The van der Waals surface area contributed by atoms with Crippen LogP contribution in [0.4, 0.5) is 11.4 Å². The highest BCUT2D eigenvalue weighted by atomic mass is 32.2. The van der Waals surface area contributed by atoms with Crippen LogP contribution in [0, 0.1) is 0 Å². The molecule has 166 valence electrons. The van der Waals surface area contributed by atoms with E-state index >= 15 is 0 Å². The van der Waals surface area contributed by atoms with Crippen molar-refractivity contribution in [2.45, 2.75) is 11.0 Å². The van der Waals surface area contributed by atoms with E-state index in [9.17, 15) is 13.2 Å². The van der Waals surface area contributed by atoms with Crippen LogP contribution in [0.15, 0.2) is 77.7 Å². The minimum absolute atomic E-state index is 0.0873. The average Bonchev–Trinajstić information content (AvgIpc) is 2.83. The molecule has 0 saturated heterocycles. The quantitative estimate of drug-likeness (QED) is 0.614. The molecule has 1 aliphatic heterocycles. The van der Waals surface area contributed by atoms with Gasteiger partial charge < -0.3 is 19.5 Å². The topological polar surface area (TPSA) is 94.2 Å². The van der Waals surface area contributed by atoms with Crippen molar-refractivity contribution in [3.05, 3.63) is 72.8 Å². The highest BCUT2D eigenvalue weighted by molar-refractivity contribution is 7.92. The van der Waals surface area contributed by atoms with Gasteiger partial charge in [0.25, 0.3) is 15.9 Å². The second-order valence-electron chi connectivity index (χ2n) is 7.00. The zero-order valence-electron chi connectivity index (χ0n) is 17.5. The van der Waals surface area contributed by atoms with Gasteiger partial charge in [-0.05, 0) is 60.7 Å². The van der Waals surface area contributed by atoms with E-state index in [0.29, 0.717) is 28.6 Å². The third-order valence-corrected chi connectivity index (χ3v) is 6.83. The Labute approximate surface area is 186 Å². The molecule has 0 radical (unpaired) electrons. The normalized spacial score (nSPS) is 15.3. The van der Waals surface area contributed by atoms with Crippen molar-refractivity contribution in [2.75, 3.05) is 30.4 Å². The first-order valence-corrected chi connectivity index (χ1v) is 11.2. The van der Waals surface area contributed by atoms with Gasteiger partial charge in [-0.1, -0.05) is 12.1 Å². The summed E-state index contributed by atoms with van der Waals surface area (Å²) in [6, 6.07) is 19.6. The number of amides is 1. The first kappa shape index (κ1) is 21.5. The first-order chi connectivity index (χ1) is 15.4. The number of hydrogen-bond acceptors (Lipinski definition) is 6. The Kier molecular flexibility index (Phi) is 5.91. The van der Waals surface area contributed by atoms with Crippen LogP contribution in [-0.2, 0) is 14.8 Å². The SMILES string of the molecule is COc1ccc(NC(=O)[C@H]2CN(S(=O)(=O)c3ccc(OC)cc3)c3ccccc3O2)cc1. The minimum Gasteiger partial charge on any atom is -0.497 e. The Hall–Kier alpha value is -3.72. The van der Waals surface area contributed by atoms with Crippen molar-refractivity contribution in [3.63, 3.8) is 0 Å². The van der Waals surface area contributed by atoms with Gasteiger partial charge in [-0.15, -0.1) is 0 Å². The van der Waals surface area contributed by atoms with E-state index in [4.69, 9.17) is 14.2 Å². The molecule has 8 nitrogen and oxygen atoms in total. The lowest BCUT2D eigenvalue weighted by atomic mass is 10.2. The number of ether oxygens (including phenoxy) is 3. The van der Waals surface area contributed by atoms with Crippen LogP contribution in [-0.4, -0.2) is 41.2 Å². The molecule has 1 atom stereocenters. The summed E-state index contributed by atoms with van der Waals surface area (Å²) in [6.07, 6.45) is -1.04. The molecule has 32 heavy (non-hydrogen) atoms. The van der Waals surface area contributed by atoms with E-state index in [1.807, 2.05) is 0 Å². The number of fused-ring (bicyclic) bond motifs is 1. The van der Waals surface area contributed by atoms with Crippen LogP contribution in [0.3, 0.4) is 0 Å². The van der Waals surface area contributed by atoms with Crippen molar-refractivity contribution >= 4 is 27.3 Å². The second-order valence-corrected chi connectivity index (χ2v) is 8.87. The van der Waals surface area contributed by atoms with Gasteiger partial charge in [0.2, 0.25) is 0 Å². The predicted octanol–water partition coefficient (Wildman–Crippen LogP) is 3.30. The van der Waals surface area contributed by atoms with Crippen LogP contribution in [0.1, 0.15) is 0 Å². The minimum atomic E-state index is -3.95. The van der Waals surface area contributed by atoms with Gasteiger partial charge in [0, 0.05) is 5.69 Å². The number of carbonyl (C=O) groups is 1. The number of methoxy groups -OCH3 is 2. The van der Waals surface area contributed by atoms with Crippen molar-refractivity contribution in [1.82, 2.24) is 0 Å². The molecule has 0 aliphatic carbocycles. The number of nitrogens with zero attached hydrogens (tertiary/aromatic N) is 1. The summed E-state index contributed by atoms with van der Waals surface area (Å²) >= 11 is 0. The highest BCUT2D eigenvalue weighted by Crippen LogP contribution is 2.37. The summed E-state index contributed by atoms with van der Waals surface area (Å²) in [4.78, 5) is 13.0. The number of benzene rings is 3. The van der Waals surface area contributed by atoms with Gasteiger partial charge in [0.15, 0.2) is 6.10 Å². The fourth-order valence-electron chi connectivity index (χ4n) is 3.34.